The van der Waals surface area contributed by atoms with E-state index in [1.807, 2.05) is 49.5 Å². The minimum absolute atomic E-state index is 0.0283. The van der Waals surface area contributed by atoms with E-state index in [1.54, 1.807) is 0 Å². The highest BCUT2D eigenvalue weighted by Crippen LogP contribution is 2.18. The Morgan fingerprint density at radius 2 is 1.82 bits per heavy atom. The van der Waals surface area contributed by atoms with Gasteiger partial charge in [0, 0.05) is 30.9 Å². The van der Waals surface area contributed by atoms with Crippen LogP contribution in [0.25, 0.3) is 0 Å². The summed E-state index contributed by atoms with van der Waals surface area (Å²) >= 11 is 0. The van der Waals surface area contributed by atoms with Crippen molar-refractivity contribution in [2.24, 2.45) is 0 Å². The molecule has 1 fully saturated rings. The molecule has 0 aliphatic carbocycles. The molecule has 28 heavy (non-hydrogen) atoms. The first-order valence-corrected chi connectivity index (χ1v) is 9.92. The van der Waals surface area contributed by atoms with Crippen molar-refractivity contribution in [1.82, 2.24) is 0 Å². The van der Waals surface area contributed by atoms with Crippen molar-refractivity contribution in [2.45, 2.75) is 6.42 Å². The van der Waals surface area contributed by atoms with E-state index in [0.29, 0.717) is 13.2 Å². The normalized spacial score (nSPS) is 15.1. The van der Waals surface area contributed by atoms with E-state index in [-0.39, 0.29) is 5.91 Å². The minimum Gasteiger partial charge on any atom is -0.493 e. The molecule has 150 valence electrons. The van der Waals surface area contributed by atoms with Crippen LogP contribution in [-0.4, -0.2) is 59.0 Å². The molecule has 1 heterocycles. The Morgan fingerprint density at radius 1 is 1.11 bits per heavy atom. The lowest BCUT2D eigenvalue weighted by molar-refractivity contribution is -0.871. The fourth-order valence-corrected chi connectivity index (χ4v) is 3.23. The van der Waals surface area contributed by atoms with Gasteiger partial charge in [0.1, 0.15) is 5.75 Å². The molecular formula is C22H30N3O3+. The van der Waals surface area contributed by atoms with Gasteiger partial charge in [-0.2, -0.15) is 0 Å². The fourth-order valence-electron chi connectivity index (χ4n) is 3.23. The number of ether oxygens (including phenoxy) is 2. The first-order chi connectivity index (χ1) is 13.7. The summed E-state index contributed by atoms with van der Waals surface area (Å²) in [5.41, 5.74) is 2.00. The van der Waals surface area contributed by atoms with Crippen LogP contribution in [0, 0.1) is 0 Å². The molecule has 2 aromatic carbocycles. The number of nitrogens with zero attached hydrogens (tertiary/aromatic N) is 1. The number of likely N-dealkylation sites (N-methyl/N-ethyl adjacent to an activating group) is 1. The Morgan fingerprint density at radius 3 is 2.54 bits per heavy atom. The second-order valence-corrected chi connectivity index (χ2v) is 7.09. The number of hydrogen-bond acceptors (Lipinski definition) is 4. The molecule has 1 aliphatic rings. The maximum Gasteiger partial charge on any atom is 0.279 e. The van der Waals surface area contributed by atoms with Crippen LogP contribution >= 0.6 is 0 Å². The molecule has 0 bridgehead atoms. The fraction of sp³-hybridized carbons (Fsp3) is 0.409. The van der Waals surface area contributed by atoms with Crippen molar-refractivity contribution in [2.75, 3.05) is 63.3 Å². The molecule has 0 aromatic heterocycles. The zero-order valence-corrected chi connectivity index (χ0v) is 16.5. The molecule has 1 unspecified atom stereocenters. The maximum atomic E-state index is 12.3. The number of carbonyl (C=O) groups is 1. The van der Waals surface area contributed by atoms with E-state index in [9.17, 15) is 4.79 Å². The van der Waals surface area contributed by atoms with Gasteiger partial charge in [0.2, 0.25) is 0 Å². The van der Waals surface area contributed by atoms with Crippen LogP contribution in [0.3, 0.4) is 0 Å². The number of morpholine rings is 1. The molecule has 1 saturated heterocycles. The topological polar surface area (TPSA) is 55.2 Å². The Hall–Kier alpha value is -2.57. The van der Waals surface area contributed by atoms with Gasteiger partial charge in [-0.25, -0.2) is 0 Å². The van der Waals surface area contributed by atoms with Gasteiger partial charge in [-0.1, -0.05) is 18.2 Å². The lowest BCUT2D eigenvalue weighted by atomic mass is 10.2. The van der Waals surface area contributed by atoms with Gasteiger partial charge in [0.25, 0.3) is 5.91 Å². The first kappa shape index (κ1) is 20.2. The van der Waals surface area contributed by atoms with E-state index in [0.717, 1.165) is 50.7 Å². The Balaban J connectivity index is 1.35. The van der Waals surface area contributed by atoms with Crippen LogP contribution in [0.4, 0.5) is 11.4 Å². The summed E-state index contributed by atoms with van der Waals surface area (Å²) in [6.45, 7) is 5.34. The number of carbonyl (C=O) groups excluding carboxylic acids is 1. The summed E-state index contributed by atoms with van der Waals surface area (Å²) in [5, 5.41) is 2.99. The molecule has 0 radical (unpaired) electrons. The molecule has 1 aliphatic heterocycles. The Kier molecular flexibility index (Phi) is 7.70. The summed E-state index contributed by atoms with van der Waals surface area (Å²) < 4.78 is 11.1. The average molecular weight is 385 g/mol. The summed E-state index contributed by atoms with van der Waals surface area (Å²) in [7, 11) is 2.03. The minimum atomic E-state index is 0.0283. The van der Waals surface area contributed by atoms with Gasteiger partial charge in [0.05, 0.1) is 33.4 Å². The number of para-hydroxylation sites is 1. The summed E-state index contributed by atoms with van der Waals surface area (Å²) in [5.74, 6) is 0.916. The van der Waals surface area contributed by atoms with E-state index < -0.39 is 0 Å². The van der Waals surface area contributed by atoms with Crippen LogP contribution in [0.1, 0.15) is 6.42 Å². The third-order valence-electron chi connectivity index (χ3n) is 4.75. The number of hydrogen-bond donors (Lipinski definition) is 2. The second-order valence-electron chi connectivity index (χ2n) is 7.09. The quantitative estimate of drug-likeness (QED) is 0.643. The highest BCUT2D eigenvalue weighted by atomic mass is 16.5. The van der Waals surface area contributed by atoms with Crippen molar-refractivity contribution in [3.63, 3.8) is 0 Å². The average Bonchev–Trinajstić information content (AvgIpc) is 2.73. The van der Waals surface area contributed by atoms with E-state index in [4.69, 9.17) is 9.47 Å². The van der Waals surface area contributed by atoms with Crippen molar-refractivity contribution < 1.29 is 19.2 Å². The van der Waals surface area contributed by atoms with Gasteiger partial charge in [-0.15, -0.1) is 0 Å². The Labute approximate surface area is 167 Å². The van der Waals surface area contributed by atoms with E-state index in [1.165, 1.54) is 10.6 Å². The molecule has 6 nitrogen and oxygen atoms in total. The van der Waals surface area contributed by atoms with Gasteiger partial charge in [-0.3, -0.25) is 4.79 Å². The predicted octanol–water partition coefficient (Wildman–Crippen LogP) is 1.45. The third-order valence-corrected chi connectivity index (χ3v) is 4.75. The van der Waals surface area contributed by atoms with Crippen LogP contribution in [0.15, 0.2) is 54.6 Å². The lowest BCUT2D eigenvalue weighted by Crippen LogP contribution is -3.10. The van der Waals surface area contributed by atoms with Crippen molar-refractivity contribution >= 4 is 17.3 Å². The van der Waals surface area contributed by atoms with E-state index in [2.05, 4.69) is 22.3 Å². The summed E-state index contributed by atoms with van der Waals surface area (Å²) in [6.07, 6.45) is 0.905. The van der Waals surface area contributed by atoms with Crippen molar-refractivity contribution in [1.29, 1.82) is 0 Å². The van der Waals surface area contributed by atoms with Gasteiger partial charge >= 0.3 is 0 Å². The monoisotopic (exact) mass is 384 g/mol. The van der Waals surface area contributed by atoms with Gasteiger partial charge < -0.3 is 24.6 Å². The highest BCUT2D eigenvalue weighted by molar-refractivity contribution is 5.91. The van der Waals surface area contributed by atoms with Gasteiger partial charge in [0.15, 0.2) is 6.54 Å². The zero-order chi connectivity index (χ0) is 19.6. The molecule has 3 rings (SSSR count). The third kappa shape index (κ3) is 6.55. The molecule has 2 aromatic rings. The largest absolute Gasteiger partial charge is 0.493 e. The Bertz CT molecular complexity index is 716. The van der Waals surface area contributed by atoms with Crippen LogP contribution in [0.2, 0.25) is 0 Å². The van der Waals surface area contributed by atoms with E-state index >= 15 is 0 Å². The summed E-state index contributed by atoms with van der Waals surface area (Å²) in [6, 6.07) is 17.8. The summed E-state index contributed by atoms with van der Waals surface area (Å²) in [4.78, 5) is 15.7. The number of anilines is 2. The van der Waals surface area contributed by atoms with Crippen molar-refractivity contribution in [3.8, 4) is 5.75 Å². The number of rotatable bonds is 9. The number of nitrogens with one attached hydrogen (secondary N) is 2. The van der Waals surface area contributed by atoms with Gasteiger partial charge in [-0.05, 0) is 36.4 Å². The molecule has 2 N–H and O–H groups in total. The number of quaternary nitrogens is 1. The standard InChI is InChI=1S/C22H29N3O3/c1-24(12-5-15-28-21-6-3-2-4-7-21)18-22(26)23-19-8-10-20(11-9-19)25-13-16-27-17-14-25/h2-4,6-11H,5,12-18H2,1H3,(H,23,26)/p+1. The highest BCUT2D eigenvalue weighted by Gasteiger charge is 2.12. The predicted molar refractivity (Wildman–Crippen MR) is 111 cm³/mol. The van der Waals surface area contributed by atoms with Crippen LogP contribution in [0.5, 0.6) is 5.75 Å². The SMILES string of the molecule is C[NH+](CCCOc1ccccc1)CC(=O)Nc1ccc(N2CCOCC2)cc1. The number of benzene rings is 2. The molecule has 0 spiro atoms. The van der Waals surface area contributed by atoms with Crippen LogP contribution in [-0.2, 0) is 9.53 Å². The smallest absolute Gasteiger partial charge is 0.279 e. The lowest BCUT2D eigenvalue weighted by Gasteiger charge is -2.28. The molecule has 1 atom stereocenters. The molecule has 0 saturated carbocycles. The number of amides is 1. The second kappa shape index (κ2) is 10.7. The first-order valence-electron chi connectivity index (χ1n) is 9.92. The maximum absolute atomic E-state index is 12.3. The molecular weight excluding hydrogens is 354 g/mol. The van der Waals surface area contributed by atoms with Crippen LogP contribution < -0.4 is 19.9 Å². The molecule has 1 amide bonds. The molecule has 6 heteroatoms. The van der Waals surface area contributed by atoms with Crippen molar-refractivity contribution in [3.05, 3.63) is 54.6 Å². The zero-order valence-electron chi connectivity index (χ0n) is 16.5.